The lowest BCUT2D eigenvalue weighted by Gasteiger charge is -2.09. The Morgan fingerprint density at radius 2 is 2.12 bits per heavy atom. The van der Waals surface area contributed by atoms with Crippen LogP contribution in [0.15, 0.2) is 12.1 Å². The molecule has 0 spiro atoms. The van der Waals surface area contributed by atoms with Crippen molar-refractivity contribution in [1.82, 2.24) is 0 Å². The maximum atomic E-state index is 10.6. The normalized spacial score (nSPS) is 10.1. The molecule has 6 nitrogen and oxygen atoms in total. The summed E-state index contributed by atoms with van der Waals surface area (Å²) in [5, 5.41) is 10.6. The lowest BCUT2D eigenvalue weighted by molar-refractivity contribution is -0.384. The third-order valence-electron chi connectivity index (χ3n) is 2.13. The van der Waals surface area contributed by atoms with E-state index >= 15 is 0 Å². The second-order valence-electron chi connectivity index (χ2n) is 3.41. The summed E-state index contributed by atoms with van der Waals surface area (Å²) >= 11 is 0. The maximum absolute atomic E-state index is 10.6. The number of nitro benzene ring substituents is 1. The predicted molar refractivity (Wildman–Crippen MR) is 62.3 cm³/mol. The van der Waals surface area contributed by atoms with Gasteiger partial charge in [-0.25, -0.2) is 0 Å². The second kappa shape index (κ2) is 5.20. The number of nitro groups is 1. The summed E-state index contributed by atoms with van der Waals surface area (Å²) in [5.74, 6) is 0.278. The summed E-state index contributed by atoms with van der Waals surface area (Å²) in [6.45, 7) is 2.50. The van der Waals surface area contributed by atoms with E-state index in [1.54, 1.807) is 0 Å². The smallest absolute Gasteiger partial charge is 0.275 e. The average molecular weight is 225 g/mol. The fourth-order valence-electron chi connectivity index (χ4n) is 1.18. The standard InChI is InChI=1S/C10H15N3O3/c1-2-3-4-16-9-6-7(13(14)15)5-8(11)10(9)12/h5-6H,2-4,11-12H2,1H3. The first kappa shape index (κ1) is 12.1. The van der Waals surface area contributed by atoms with E-state index in [1.165, 1.54) is 12.1 Å². The highest BCUT2D eigenvalue weighted by Gasteiger charge is 2.13. The van der Waals surface area contributed by atoms with E-state index in [1.807, 2.05) is 6.92 Å². The Bertz CT molecular complexity index is 393. The molecule has 0 aromatic heterocycles. The van der Waals surface area contributed by atoms with Gasteiger partial charge in [-0.1, -0.05) is 13.3 Å². The zero-order chi connectivity index (χ0) is 12.1. The van der Waals surface area contributed by atoms with Gasteiger partial charge in [-0.2, -0.15) is 0 Å². The van der Waals surface area contributed by atoms with Gasteiger partial charge in [0.1, 0.15) is 0 Å². The van der Waals surface area contributed by atoms with Crippen molar-refractivity contribution in [2.75, 3.05) is 18.1 Å². The molecule has 0 heterocycles. The quantitative estimate of drug-likeness (QED) is 0.345. The molecule has 1 aromatic carbocycles. The third kappa shape index (κ3) is 2.75. The summed E-state index contributed by atoms with van der Waals surface area (Å²) in [5.41, 5.74) is 11.5. The van der Waals surface area contributed by atoms with E-state index in [4.69, 9.17) is 16.2 Å². The van der Waals surface area contributed by atoms with Crippen LogP contribution in [0, 0.1) is 10.1 Å². The molecule has 88 valence electrons. The molecule has 0 saturated heterocycles. The Morgan fingerprint density at radius 3 is 2.69 bits per heavy atom. The van der Waals surface area contributed by atoms with Crippen molar-refractivity contribution in [3.05, 3.63) is 22.2 Å². The molecule has 0 aliphatic carbocycles. The lowest BCUT2D eigenvalue weighted by atomic mass is 10.2. The van der Waals surface area contributed by atoms with Crippen molar-refractivity contribution in [3.63, 3.8) is 0 Å². The summed E-state index contributed by atoms with van der Waals surface area (Å²) in [6, 6.07) is 2.52. The molecule has 16 heavy (non-hydrogen) atoms. The van der Waals surface area contributed by atoms with Crippen molar-refractivity contribution in [1.29, 1.82) is 0 Å². The van der Waals surface area contributed by atoms with Gasteiger partial charge in [0.15, 0.2) is 5.75 Å². The number of benzene rings is 1. The Morgan fingerprint density at radius 1 is 1.44 bits per heavy atom. The van der Waals surface area contributed by atoms with Gasteiger partial charge in [0.2, 0.25) is 0 Å². The van der Waals surface area contributed by atoms with Crippen LogP contribution in [-0.2, 0) is 0 Å². The number of hydrogen-bond acceptors (Lipinski definition) is 5. The maximum Gasteiger partial charge on any atom is 0.275 e. The molecule has 0 bridgehead atoms. The van der Waals surface area contributed by atoms with E-state index < -0.39 is 4.92 Å². The van der Waals surface area contributed by atoms with Crippen LogP contribution >= 0.6 is 0 Å². The summed E-state index contributed by atoms with van der Waals surface area (Å²) in [7, 11) is 0. The molecule has 4 N–H and O–H groups in total. The summed E-state index contributed by atoms with van der Waals surface area (Å²) in [4.78, 5) is 10.1. The van der Waals surface area contributed by atoms with Crippen molar-refractivity contribution in [2.45, 2.75) is 19.8 Å². The highest BCUT2D eigenvalue weighted by Crippen LogP contribution is 2.32. The minimum atomic E-state index is -0.525. The van der Waals surface area contributed by atoms with Crippen LogP contribution in [0.3, 0.4) is 0 Å². The molecule has 0 amide bonds. The van der Waals surface area contributed by atoms with Gasteiger partial charge in [-0.15, -0.1) is 0 Å². The Kier molecular flexibility index (Phi) is 3.93. The van der Waals surface area contributed by atoms with Gasteiger partial charge >= 0.3 is 0 Å². The predicted octanol–water partition coefficient (Wildman–Crippen LogP) is 1.94. The average Bonchev–Trinajstić information content (AvgIpc) is 2.24. The van der Waals surface area contributed by atoms with Crippen LogP contribution in [0.2, 0.25) is 0 Å². The van der Waals surface area contributed by atoms with Gasteiger partial charge in [0, 0.05) is 6.07 Å². The third-order valence-corrected chi connectivity index (χ3v) is 2.13. The van der Waals surface area contributed by atoms with Gasteiger partial charge in [-0.3, -0.25) is 10.1 Å². The largest absolute Gasteiger partial charge is 0.491 e. The number of anilines is 2. The molecule has 1 rings (SSSR count). The van der Waals surface area contributed by atoms with Gasteiger partial charge < -0.3 is 16.2 Å². The minimum absolute atomic E-state index is 0.113. The molecule has 0 atom stereocenters. The van der Waals surface area contributed by atoms with Gasteiger partial charge in [0.25, 0.3) is 5.69 Å². The number of ether oxygens (including phenoxy) is 1. The van der Waals surface area contributed by atoms with E-state index in [0.29, 0.717) is 6.61 Å². The van der Waals surface area contributed by atoms with E-state index in [-0.39, 0.29) is 22.8 Å². The molecule has 6 heteroatoms. The van der Waals surface area contributed by atoms with Crippen LogP contribution in [0.5, 0.6) is 5.75 Å². The molecule has 0 aliphatic heterocycles. The van der Waals surface area contributed by atoms with E-state index in [2.05, 4.69) is 0 Å². The minimum Gasteiger partial charge on any atom is -0.491 e. The Hall–Kier alpha value is -1.98. The monoisotopic (exact) mass is 225 g/mol. The Balaban J connectivity index is 2.93. The van der Waals surface area contributed by atoms with Crippen molar-refractivity contribution in [2.24, 2.45) is 0 Å². The van der Waals surface area contributed by atoms with Crippen LogP contribution < -0.4 is 16.2 Å². The summed E-state index contributed by atoms with van der Waals surface area (Å²) in [6.07, 6.45) is 1.84. The Labute approximate surface area is 93.3 Å². The molecule has 0 fully saturated rings. The van der Waals surface area contributed by atoms with Crippen molar-refractivity contribution in [3.8, 4) is 5.75 Å². The number of nitrogen functional groups attached to an aromatic ring is 2. The zero-order valence-corrected chi connectivity index (χ0v) is 9.10. The van der Waals surface area contributed by atoms with Gasteiger partial charge in [-0.05, 0) is 6.42 Å². The SMILES string of the molecule is CCCCOc1cc([N+](=O)[O-])cc(N)c1N. The zero-order valence-electron chi connectivity index (χ0n) is 9.10. The number of nitrogens with two attached hydrogens (primary N) is 2. The fourth-order valence-corrected chi connectivity index (χ4v) is 1.18. The number of unbranched alkanes of at least 4 members (excludes halogenated alkanes) is 1. The van der Waals surface area contributed by atoms with Crippen molar-refractivity contribution < 1.29 is 9.66 Å². The van der Waals surface area contributed by atoms with Crippen LogP contribution in [-0.4, -0.2) is 11.5 Å². The van der Waals surface area contributed by atoms with E-state index in [9.17, 15) is 10.1 Å². The number of rotatable bonds is 5. The topological polar surface area (TPSA) is 104 Å². The highest BCUT2D eigenvalue weighted by molar-refractivity contribution is 5.74. The number of hydrogen-bond donors (Lipinski definition) is 2. The molecule has 1 aromatic rings. The van der Waals surface area contributed by atoms with Crippen LogP contribution in [0.4, 0.5) is 17.1 Å². The van der Waals surface area contributed by atoms with Gasteiger partial charge in [0.05, 0.1) is 29.0 Å². The summed E-state index contributed by atoms with van der Waals surface area (Å²) < 4.78 is 5.34. The first-order chi connectivity index (χ1) is 7.56. The first-order valence-corrected chi connectivity index (χ1v) is 5.02. The molecule has 0 aliphatic rings. The molecular weight excluding hydrogens is 210 g/mol. The molecule has 0 radical (unpaired) electrons. The molecule has 0 saturated carbocycles. The number of nitrogens with zero attached hydrogens (tertiary/aromatic N) is 1. The second-order valence-corrected chi connectivity index (χ2v) is 3.41. The molecule has 0 unspecified atom stereocenters. The van der Waals surface area contributed by atoms with Crippen LogP contribution in [0.1, 0.15) is 19.8 Å². The van der Waals surface area contributed by atoms with Crippen LogP contribution in [0.25, 0.3) is 0 Å². The highest BCUT2D eigenvalue weighted by atomic mass is 16.6. The van der Waals surface area contributed by atoms with E-state index in [0.717, 1.165) is 12.8 Å². The first-order valence-electron chi connectivity index (χ1n) is 5.02. The number of non-ortho nitro benzene ring substituents is 1. The lowest BCUT2D eigenvalue weighted by Crippen LogP contribution is -2.04. The fraction of sp³-hybridized carbons (Fsp3) is 0.400. The molecular formula is C10H15N3O3. The van der Waals surface area contributed by atoms with Crippen molar-refractivity contribution >= 4 is 17.1 Å².